The lowest BCUT2D eigenvalue weighted by Gasteiger charge is -2.38. The highest BCUT2D eigenvalue weighted by Gasteiger charge is 2.33. The normalized spacial score (nSPS) is 20.8. The van der Waals surface area contributed by atoms with Crippen molar-refractivity contribution >= 4 is 5.91 Å². The summed E-state index contributed by atoms with van der Waals surface area (Å²) in [6.45, 7) is 7.73. The molecule has 17 heavy (non-hydrogen) atoms. The standard InChI is InChI=1S/C13H27N3O/c1-13(2,3)11(14)12(17)16-8-6-10(7-9-16)15(4)5/h10-11H,6-9,14H2,1-5H3/t11-/m1/s1. The van der Waals surface area contributed by atoms with Crippen LogP contribution in [0.5, 0.6) is 0 Å². The maximum Gasteiger partial charge on any atom is 0.240 e. The lowest BCUT2D eigenvalue weighted by molar-refractivity contribution is -0.136. The van der Waals surface area contributed by atoms with Gasteiger partial charge in [0.15, 0.2) is 0 Å². The van der Waals surface area contributed by atoms with E-state index in [9.17, 15) is 4.79 Å². The Balaban J connectivity index is 2.52. The highest BCUT2D eigenvalue weighted by atomic mass is 16.2. The van der Waals surface area contributed by atoms with Gasteiger partial charge in [-0.2, -0.15) is 0 Å². The van der Waals surface area contributed by atoms with Crippen molar-refractivity contribution in [3.05, 3.63) is 0 Å². The zero-order valence-corrected chi connectivity index (χ0v) is 11.9. The highest BCUT2D eigenvalue weighted by Crippen LogP contribution is 2.21. The van der Waals surface area contributed by atoms with Crippen LogP contribution in [0.3, 0.4) is 0 Å². The van der Waals surface area contributed by atoms with E-state index in [1.54, 1.807) is 0 Å². The summed E-state index contributed by atoms with van der Waals surface area (Å²) < 4.78 is 0. The van der Waals surface area contributed by atoms with Crippen LogP contribution in [0.25, 0.3) is 0 Å². The Hall–Kier alpha value is -0.610. The lowest BCUT2D eigenvalue weighted by Crippen LogP contribution is -2.53. The summed E-state index contributed by atoms with van der Waals surface area (Å²) in [4.78, 5) is 16.4. The zero-order valence-electron chi connectivity index (χ0n) is 11.9. The monoisotopic (exact) mass is 241 g/mol. The van der Waals surface area contributed by atoms with E-state index in [0.717, 1.165) is 25.9 Å². The number of hydrogen-bond donors (Lipinski definition) is 1. The first kappa shape index (κ1) is 14.5. The van der Waals surface area contributed by atoms with E-state index < -0.39 is 6.04 Å². The minimum absolute atomic E-state index is 0.106. The van der Waals surface area contributed by atoms with Crippen molar-refractivity contribution in [3.63, 3.8) is 0 Å². The molecule has 1 heterocycles. The Morgan fingerprint density at radius 3 is 2.12 bits per heavy atom. The molecule has 1 amide bonds. The van der Waals surface area contributed by atoms with Crippen LogP contribution in [0, 0.1) is 5.41 Å². The van der Waals surface area contributed by atoms with E-state index in [2.05, 4.69) is 19.0 Å². The maximum atomic E-state index is 12.2. The van der Waals surface area contributed by atoms with Gasteiger partial charge in [0.2, 0.25) is 5.91 Å². The summed E-state index contributed by atoms with van der Waals surface area (Å²) in [6, 6.07) is 0.211. The quantitative estimate of drug-likeness (QED) is 0.782. The molecule has 0 unspecified atom stereocenters. The second kappa shape index (κ2) is 5.36. The molecule has 0 bridgehead atoms. The van der Waals surface area contributed by atoms with Gasteiger partial charge in [-0.15, -0.1) is 0 Å². The smallest absolute Gasteiger partial charge is 0.240 e. The van der Waals surface area contributed by atoms with Gasteiger partial charge in [-0.1, -0.05) is 20.8 Å². The lowest BCUT2D eigenvalue weighted by atomic mass is 9.86. The highest BCUT2D eigenvalue weighted by molar-refractivity contribution is 5.82. The van der Waals surface area contributed by atoms with Gasteiger partial charge < -0.3 is 15.5 Å². The Morgan fingerprint density at radius 2 is 1.76 bits per heavy atom. The predicted molar refractivity (Wildman–Crippen MR) is 70.7 cm³/mol. The molecule has 1 aliphatic heterocycles. The van der Waals surface area contributed by atoms with Crippen LogP contribution in [0.2, 0.25) is 0 Å². The first-order valence-corrected chi connectivity index (χ1v) is 6.44. The number of nitrogens with two attached hydrogens (primary N) is 1. The number of carbonyl (C=O) groups excluding carboxylic acids is 1. The number of amides is 1. The second-order valence-electron chi connectivity index (χ2n) is 6.36. The predicted octanol–water partition coefficient (Wildman–Crippen LogP) is 0.912. The minimum atomic E-state index is -0.390. The van der Waals surface area contributed by atoms with Gasteiger partial charge in [-0.05, 0) is 32.4 Å². The fourth-order valence-electron chi connectivity index (χ4n) is 2.17. The number of carbonyl (C=O) groups is 1. The van der Waals surface area contributed by atoms with Gasteiger partial charge in [0, 0.05) is 19.1 Å². The van der Waals surface area contributed by atoms with Crippen LogP contribution < -0.4 is 5.73 Å². The van der Waals surface area contributed by atoms with Gasteiger partial charge in [-0.25, -0.2) is 0 Å². The van der Waals surface area contributed by atoms with Gasteiger partial charge in [0.1, 0.15) is 0 Å². The van der Waals surface area contributed by atoms with Crippen molar-refractivity contribution in [2.75, 3.05) is 27.2 Å². The average Bonchev–Trinajstić information content (AvgIpc) is 2.26. The Kier molecular flexibility index (Phi) is 4.55. The molecule has 4 nitrogen and oxygen atoms in total. The summed E-state index contributed by atoms with van der Waals surface area (Å²) in [7, 11) is 4.20. The Morgan fingerprint density at radius 1 is 1.29 bits per heavy atom. The molecular weight excluding hydrogens is 214 g/mol. The van der Waals surface area contributed by atoms with E-state index in [1.165, 1.54) is 0 Å². The third-order valence-corrected chi connectivity index (χ3v) is 3.71. The molecule has 0 aromatic carbocycles. The van der Waals surface area contributed by atoms with Gasteiger partial charge >= 0.3 is 0 Å². The molecule has 100 valence electrons. The molecule has 0 aromatic heterocycles. The van der Waals surface area contributed by atoms with Crippen LogP contribution in [-0.2, 0) is 4.79 Å². The van der Waals surface area contributed by atoms with Crippen LogP contribution in [0.15, 0.2) is 0 Å². The van der Waals surface area contributed by atoms with E-state index in [0.29, 0.717) is 6.04 Å². The molecule has 0 radical (unpaired) electrons. The number of likely N-dealkylation sites (tertiary alicyclic amines) is 1. The van der Waals surface area contributed by atoms with Gasteiger partial charge in [-0.3, -0.25) is 4.79 Å². The van der Waals surface area contributed by atoms with Crippen molar-refractivity contribution in [2.24, 2.45) is 11.1 Å². The molecule has 1 saturated heterocycles. The topological polar surface area (TPSA) is 49.6 Å². The van der Waals surface area contributed by atoms with E-state index in [4.69, 9.17) is 5.73 Å². The maximum absolute atomic E-state index is 12.2. The fourth-order valence-corrected chi connectivity index (χ4v) is 2.17. The van der Waals surface area contributed by atoms with Crippen molar-refractivity contribution in [1.82, 2.24) is 9.80 Å². The molecule has 2 N–H and O–H groups in total. The van der Waals surface area contributed by atoms with Crippen molar-refractivity contribution in [2.45, 2.75) is 45.7 Å². The van der Waals surface area contributed by atoms with E-state index in [-0.39, 0.29) is 11.3 Å². The third kappa shape index (κ3) is 3.68. The van der Waals surface area contributed by atoms with E-state index in [1.807, 2.05) is 25.7 Å². The number of hydrogen-bond acceptors (Lipinski definition) is 3. The van der Waals surface area contributed by atoms with Gasteiger partial charge in [0.25, 0.3) is 0 Å². The van der Waals surface area contributed by atoms with Crippen molar-refractivity contribution in [1.29, 1.82) is 0 Å². The summed E-state index contributed by atoms with van der Waals surface area (Å²) in [5.41, 5.74) is 5.86. The minimum Gasteiger partial charge on any atom is -0.341 e. The van der Waals surface area contributed by atoms with Crippen molar-refractivity contribution < 1.29 is 4.79 Å². The molecule has 0 saturated carbocycles. The largest absolute Gasteiger partial charge is 0.341 e. The van der Waals surface area contributed by atoms with Crippen LogP contribution in [0.1, 0.15) is 33.6 Å². The van der Waals surface area contributed by atoms with Gasteiger partial charge in [0.05, 0.1) is 6.04 Å². The first-order valence-electron chi connectivity index (χ1n) is 6.44. The van der Waals surface area contributed by atoms with Crippen LogP contribution >= 0.6 is 0 Å². The molecule has 0 spiro atoms. The summed E-state index contributed by atoms with van der Waals surface area (Å²) in [6.07, 6.45) is 2.10. The summed E-state index contributed by atoms with van der Waals surface area (Å²) >= 11 is 0. The van der Waals surface area contributed by atoms with Crippen LogP contribution in [-0.4, -0.2) is 55.0 Å². The Labute approximate surface area is 105 Å². The summed E-state index contributed by atoms with van der Waals surface area (Å²) in [5.74, 6) is 0.106. The molecule has 1 rings (SSSR count). The zero-order chi connectivity index (χ0) is 13.2. The molecule has 0 aliphatic carbocycles. The number of rotatable bonds is 2. The third-order valence-electron chi connectivity index (χ3n) is 3.71. The van der Waals surface area contributed by atoms with Crippen LogP contribution in [0.4, 0.5) is 0 Å². The number of piperidine rings is 1. The average molecular weight is 241 g/mol. The molecular formula is C13H27N3O. The Bertz CT molecular complexity index is 262. The molecule has 1 atom stereocenters. The molecule has 0 aromatic rings. The SMILES string of the molecule is CN(C)C1CCN(C(=O)[C@@H](N)C(C)(C)C)CC1. The first-order chi connectivity index (χ1) is 7.73. The second-order valence-corrected chi connectivity index (χ2v) is 6.36. The molecule has 1 aliphatic rings. The summed E-state index contributed by atoms with van der Waals surface area (Å²) in [5, 5.41) is 0. The molecule has 4 heteroatoms. The van der Waals surface area contributed by atoms with Crippen molar-refractivity contribution in [3.8, 4) is 0 Å². The van der Waals surface area contributed by atoms with E-state index >= 15 is 0 Å². The number of nitrogens with zero attached hydrogens (tertiary/aromatic N) is 2. The molecule has 1 fully saturated rings. The fraction of sp³-hybridized carbons (Fsp3) is 0.923.